The number of aromatic hydroxyl groups is 1. The third-order valence-corrected chi connectivity index (χ3v) is 2.79. The minimum Gasteiger partial charge on any atom is -0.508 e. The lowest BCUT2D eigenvalue weighted by molar-refractivity contribution is 0.143. The van der Waals surface area contributed by atoms with Crippen LogP contribution in [0.5, 0.6) is 5.75 Å². The zero-order chi connectivity index (χ0) is 13.5. The molecule has 0 amide bonds. The Morgan fingerprint density at radius 1 is 1.44 bits per heavy atom. The predicted molar refractivity (Wildman–Crippen MR) is 67.0 cm³/mol. The Kier molecular flexibility index (Phi) is 6.04. The Morgan fingerprint density at radius 3 is 2.72 bits per heavy atom. The maximum atomic E-state index is 12.9. The number of aliphatic hydroxyl groups excluding tert-OH is 1. The summed E-state index contributed by atoms with van der Waals surface area (Å²) in [4.78, 5) is 0. The van der Waals surface area contributed by atoms with Gasteiger partial charge in [0.15, 0.2) is 0 Å². The normalized spacial score (nSPS) is 14.4. The van der Waals surface area contributed by atoms with E-state index in [2.05, 4.69) is 5.32 Å². The second kappa shape index (κ2) is 7.31. The summed E-state index contributed by atoms with van der Waals surface area (Å²) in [6.07, 6.45) is 0.556. The van der Waals surface area contributed by atoms with Crippen LogP contribution < -0.4 is 5.32 Å². The number of nitrogens with one attached hydrogen (secondary N) is 1. The fourth-order valence-electron chi connectivity index (χ4n) is 1.90. The van der Waals surface area contributed by atoms with E-state index in [4.69, 9.17) is 9.84 Å². The molecule has 0 aliphatic rings. The quantitative estimate of drug-likeness (QED) is 0.694. The van der Waals surface area contributed by atoms with E-state index in [0.29, 0.717) is 18.6 Å². The lowest BCUT2D eigenvalue weighted by atomic mass is 10.1. The summed E-state index contributed by atoms with van der Waals surface area (Å²) >= 11 is 0. The lowest BCUT2D eigenvalue weighted by Crippen LogP contribution is -2.36. The van der Waals surface area contributed by atoms with E-state index in [9.17, 15) is 9.50 Å². The largest absolute Gasteiger partial charge is 0.508 e. The number of rotatable bonds is 7. The Hall–Kier alpha value is -1.17. The van der Waals surface area contributed by atoms with Gasteiger partial charge in [-0.1, -0.05) is 6.07 Å². The standard InChI is InChI=1S/C13H20FNO3/c1-9(15-11(5-6-16)8-18-2)12-4-3-10(14)7-13(12)17/h3-4,7,9,11,15-17H,5-6,8H2,1-2H3. The van der Waals surface area contributed by atoms with Gasteiger partial charge in [0.05, 0.1) is 6.61 Å². The van der Waals surface area contributed by atoms with Crippen LogP contribution in [0.25, 0.3) is 0 Å². The van der Waals surface area contributed by atoms with Gasteiger partial charge >= 0.3 is 0 Å². The van der Waals surface area contributed by atoms with Gasteiger partial charge in [0, 0.05) is 37.4 Å². The van der Waals surface area contributed by atoms with Crippen molar-refractivity contribution >= 4 is 0 Å². The second-order valence-electron chi connectivity index (χ2n) is 4.26. The van der Waals surface area contributed by atoms with E-state index >= 15 is 0 Å². The van der Waals surface area contributed by atoms with E-state index in [1.807, 2.05) is 6.92 Å². The van der Waals surface area contributed by atoms with Gasteiger partial charge in [-0.2, -0.15) is 0 Å². The van der Waals surface area contributed by atoms with Gasteiger partial charge in [-0.05, 0) is 19.4 Å². The van der Waals surface area contributed by atoms with Crippen molar-refractivity contribution in [1.29, 1.82) is 0 Å². The van der Waals surface area contributed by atoms with Crippen molar-refractivity contribution in [2.45, 2.75) is 25.4 Å². The molecule has 18 heavy (non-hydrogen) atoms. The molecule has 3 N–H and O–H groups in total. The van der Waals surface area contributed by atoms with Crippen LogP contribution in [-0.4, -0.2) is 36.6 Å². The molecule has 4 nitrogen and oxygen atoms in total. The molecule has 1 rings (SSSR count). The highest BCUT2D eigenvalue weighted by atomic mass is 19.1. The highest BCUT2D eigenvalue weighted by molar-refractivity contribution is 5.34. The molecule has 0 saturated carbocycles. The monoisotopic (exact) mass is 257 g/mol. The first-order chi connectivity index (χ1) is 8.58. The van der Waals surface area contributed by atoms with Crippen LogP contribution in [0.3, 0.4) is 0 Å². The minimum atomic E-state index is -0.466. The van der Waals surface area contributed by atoms with Crippen LogP contribution in [-0.2, 0) is 4.74 Å². The zero-order valence-corrected chi connectivity index (χ0v) is 10.7. The highest BCUT2D eigenvalue weighted by Crippen LogP contribution is 2.25. The fraction of sp³-hybridized carbons (Fsp3) is 0.538. The first-order valence-electron chi connectivity index (χ1n) is 5.92. The molecule has 5 heteroatoms. The number of ether oxygens (including phenoxy) is 1. The first kappa shape index (κ1) is 14.9. The number of aliphatic hydroxyl groups is 1. The zero-order valence-electron chi connectivity index (χ0n) is 10.7. The molecule has 2 atom stereocenters. The number of phenolic OH excluding ortho intramolecular Hbond substituents is 1. The van der Waals surface area contributed by atoms with Crippen molar-refractivity contribution in [2.24, 2.45) is 0 Å². The maximum absolute atomic E-state index is 12.9. The SMILES string of the molecule is COCC(CCO)NC(C)c1ccc(F)cc1O. The van der Waals surface area contributed by atoms with Crippen LogP contribution in [0, 0.1) is 5.82 Å². The first-order valence-corrected chi connectivity index (χ1v) is 5.92. The smallest absolute Gasteiger partial charge is 0.126 e. The fourth-order valence-corrected chi connectivity index (χ4v) is 1.90. The van der Waals surface area contributed by atoms with Gasteiger partial charge in [0.2, 0.25) is 0 Å². The number of hydrogen-bond acceptors (Lipinski definition) is 4. The topological polar surface area (TPSA) is 61.7 Å². The molecular weight excluding hydrogens is 237 g/mol. The third-order valence-electron chi connectivity index (χ3n) is 2.79. The molecule has 0 fully saturated rings. The average molecular weight is 257 g/mol. The number of halogens is 1. The van der Waals surface area contributed by atoms with Crippen LogP contribution in [0.15, 0.2) is 18.2 Å². The number of phenols is 1. The van der Waals surface area contributed by atoms with Crippen molar-refractivity contribution in [3.63, 3.8) is 0 Å². The van der Waals surface area contributed by atoms with Gasteiger partial charge in [-0.15, -0.1) is 0 Å². The molecule has 1 aromatic carbocycles. The van der Waals surface area contributed by atoms with Crippen LogP contribution >= 0.6 is 0 Å². The molecule has 102 valence electrons. The Morgan fingerprint density at radius 2 is 2.17 bits per heavy atom. The van der Waals surface area contributed by atoms with Crippen molar-refractivity contribution in [1.82, 2.24) is 5.32 Å². The van der Waals surface area contributed by atoms with Gasteiger partial charge in [0.25, 0.3) is 0 Å². The van der Waals surface area contributed by atoms with Crippen LogP contribution in [0.1, 0.15) is 24.9 Å². The molecule has 0 saturated heterocycles. The third kappa shape index (κ3) is 4.25. The van der Waals surface area contributed by atoms with E-state index in [1.54, 1.807) is 13.2 Å². The molecule has 0 aliphatic carbocycles. The van der Waals surface area contributed by atoms with E-state index < -0.39 is 5.82 Å². The summed E-state index contributed by atoms with van der Waals surface area (Å²) in [5, 5.41) is 21.8. The maximum Gasteiger partial charge on any atom is 0.126 e. The Balaban J connectivity index is 2.70. The number of methoxy groups -OCH3 is 1. The molecule has 0 bridgehead atoms. The Bertz CT molecular complexity index is 367. The summed E-state index contributed by atoms with van der Waals surface area (Å²) in [6.45, 7) is 2.39. The summed E-state index contributed by atoms with van der Waals surface area (Å²) in [5.41, 5.74) is 0.621. The average Bonchev–Trinajstić information content (AvgIpc) is 2.29. The Labute approximate surface area is 106 Å². The summed E-state index contributed by atoms with van der Waals surface area (Å²) < 4.78 is 17.9. The van der Waals surface area contributed by atoms with E-state index in [1.165, 1.54) is 6.07 Å². The molecule has 1 aromatic rings. The van der Waals surface area contributed by atoms with E-state index in [0.717, 1.165) is 6.07 Å². The highest BCUT2D eigenvalue weighted by Gasteiger charge is 2.15. The van der Waals surface area contributed by atoms with E-state index in [-0.39, 0.29) is 24.4 Å². The van der Waals surface area contributed by atoms with Gasteiger partial charge < -0.3 is 20.3 Å². The molecule has 0 aromatic heterocycles. The minimum absolute atomic E-state index is 0.0144. The number of benzene rings is 1. The van der Waals surface area contributed by atoms with Crippen molar-refractivity contribution in [3.8, 4) is 5.75 Å². The van der Waals surface area contributed by atoms with Crippen molar-refractivity contribution < 1.29 is 19.3 Å². The summed E-state index contributed by atoms with van der Waals surface area (Å²) in [7, 11) is 1.59. The molecule has 0 spiro atoms. The predicted octanol–water partition coefficient (Wildman–Crippen LogP) is 1.58. The van der Waals surface area contributed by atoms with Crippen LogP contribution in [0.2, 0.25) is 0 Å². The number of hydrogen-bond donors (Lipinski definition) is 3. The molecule has 2 unspecified atom stereocenters. The van der Waals surface area contributed by atoms with Gasteiger partial charge in [-0.25, -0.2) is 4.39 Å². The lowest BCUT2D eigenvalue weighted by Gasteiger charge is -2.23. The van der Waals surface area contributed by atoms with Crippen molar-refractivity contribution in [3.05, 3.63) is 29.6 Å². The van der Waals surface area contributed by atoms with Gasteiger partial charge in [-0.3, -0.25) is 0 Å². The van der Waals surface area contributed by atoms with Crippen molar-refractivity contribution in [2.75, 3.05) is 20.3 Å². The second-order valence-corrected chi connectivity index (χ2v) is 4.26. The molecule has 0 radical (unpaired) electrons. The summed E-state index contributed by atoms with van der Waals surface area (Å²) in [6, 6.07) is 3.78. The molecule has 0 heterocycles. The summed E-state index contributed by atoms with van der Waals surface area (Å²) in [5.74, 6) is -0.539. The van der Waals surface area contributed by atoms with Gasteiger partial charge in [0.1, 0.15) is 11.6 Å². The molecule has 0 aliphatic heterocycles. The van der Waals surface area contributed by atoms with Crippen LogP contribution in [0.4, 0.5) is 4.39 Å². The molecular formula is C13H20FNO3.